The second kappa shape index (κ2) is 7.62. The molecule has 110 valence electrons. The predicted molar refractivity (Wildman–Crippen MR) is 82.2 cm³/mol. The second-order valence-electron chi connectivity index (χ2n) is 4.48. The van der Waals surface area contributed by atoms with Crippen LogP contribution in [-0.4, -0.2) is 33.9 Å². The van der Waals surface area contributed by atoms with Crippen LogP contribution in [-0.2, 0) is 6.54 Å². The zero-order chi connectivity index (χ0) is 15.1. The number of amides is 1. The lowest BCUT2D eigenvalue weighted by molar-refractivity contribution is 0.0956. The van der Waals surface area contributed by atoms with E-state index in [2.05, 4.69) is 22.3 Å². The van der Waals surface area contributed by atoms with E-state index in [1.165, 1.54) is 11.3 Å². The first kappa shape index (κ1) is 15.3. The number of rotatable bonds is 5. The quantitative estimate of drug-likeness (QED) is 0.821. The van der Waals surface area contributed by atoms with Gasteiger partial charge in [-0.05, 0) is 23.9 Å². The third-order valence-corrected chi connectivity index (χ3v) is 3.63. The smallest absolute Gasteiger partial charge is 0.262 e. The van der Waals surface area contributed by atoms with Crippen LogP contribution in [0.3, 0.4) is 0 Å². The summed E-state index contributed by atoms with van der Waals surface area (Å²) >= 11 is 1.37. The Morgan fingerprint density at radius 1 is 1.57 bits per heavy atom. The molecule has 2 rings (SSSR count). The molecular formula is C15H17N3O2S. The highest BCUT2D eigenvalue weighted by molar-refractivity contribution is 7.12. The minimum Gasteiger partial charge on any atom is -0.395 e. The number of thiophene rings is 1. The molecule has 0 unspecified atom stereocenters. The van der Waals surface area contributed by atoms with Crippen LogP contribution in [0.4, 0.5) is 0 Å². The van der Waals surface area contributed by atoms with Crippen LogP contribution in [0, 0.1) is 18.8 Å². The van der Waals surface area contributed by atoms with Crippen molar-refractivity contribution in [2.75, 3.05) is 13.2 Å². The number of aliphatic hydroxyl groups is 1. The first-order valence-electron chi connectivity index (χ1n) is 6.65. The molecular weight excluding hydrogens is 286 g/mol. The molecule has 0 radical (unpaired) electrons. The number of hydrogen-bond donors (Lipinski definition) is 2. The first-order chi connectivity index (χ1) is 10.2. The SMILES string of the molecule is Cc1cnn(CCNC(=O)c2sccc2C#CCCO)c1. The Hall–Kier alpha value is -2.10. The molecule has 0 saturated carbocycles. The fraction of sp³-hybridized carbons (Fsp3) is 0.333. The molecule has 1 amide bonds. The Kier molecular flexibility index (Phi) is 5.55. The Balaban J connectivity index is 1.89. The topological polar surface area (TPSA) is 67.2 Å². The van der Waals surface area contributed by atoms with E-state index >= 15 is 0 Å². The van der Waals surface area contributed by atoms with Crippen molar-refractivity contribution in [3.05, 3.63) is 39.8 Å². The normalized spacial score (nSPS) is 10.0. The van der Waals surface area contributed by atoms with Gasteiger partial charge in [0.15, 0.2) is 0 Å². The fourth-order valence-corrected chi connectivity index (χ4v) is 2.52. The molecule has 0 aromatic carbocycles. The van der Waals surface area contributed by atoms with Crippen molar-refractivity contribution < 1.29 is 9.90 Å². The van der Waals surface area contributed by atoms with Crippen LogP contribution in [0.5, 0.6) is 0 Å². The third kappa shape index (κ3) is 4.45. The summed E-state index contributed by atoms with van der Waals surface area (Å²) in [6.07, 6.45) is 4.13. The van der Waals surface area contributed by atoms with E-state index in [0.29, 0.717) is 30.0 Å². The minimum absolute atomic E-state index is 0.0297. The Morgan fingerprint density at radius 2 is 2.43 bits per heavy atom. The lowest BCUT2D eigenvalue weighted by Gasteiger charge is -2.04. The maximum absolute atomic E-state index is 12.1. The van der Waals surface area contributed by atoms with Gasteiger partial charge in [0.25, 0.3) is 5.91 Å². The molecule has 2 N–H and O–H groups in total. The van der Waals surface area contributed by atoms with Gasteiger partial charge in [0.05, 0.1) is 19.3 Å². The zero-order valence-electron chi connectivity index (χ0n) is 11.8. The average Bonchev–Trinajstić information content (AvgIpc) is 3.08. The fourth-order valence-electron chi connectivity index (χ4n) is 1.75. The lowest BCUT2D eigenvalue weighted by atomic mass is 10.2. The third-order valence-electron chi connectivity index (χ3n) is 2.72. The molecule has 0 saturated heterocycles. The highest BCUT2D eigenvalue weighted by atomic mass is 32.1. The summed E-state index contributed by atoms with van der Waals surface area (Å²) in [6, 6.07) is 1.82. The van der Waals surface area contributed by atoms with Gasteiger partial charge in [0.1, 0.15) is 4.88 Å². The summed E-state index contributed by atoms with van der Waals surface area (Å²) in [5.74, 6) is 5.62. The molecule has 21 heavy (non-hydrogen) atoms. The van der Waals surface area contributed by atoms with Gasteiger partial charge in [0, 0.05) is 24.7 Å². The summed E-state index contributed by atoms with van der Waals surface area (Å²) in [7, 11) is 0. The van der Waals surface area contributed by atoms with E-state index in [4.69, 9.17) is 5.11 Å². The maximum Gasteiger partial charge on any atom is 0.262 e. The molecule has 0 fully saturated rings. The van der Waals surface area contributed by atoms with Crippen molar-refractivity contribution in [2.45, 2.75) is 19.9 Å². The van der Waals surface area contributed by atoms with Crippen molar-refractivity contribution >= 4 is 17.2 Å². The van der Waals surface area contributed by atoms with E-state index in [0.717, 1.165) is 5.56 Å². The number of aliphatic hydroxyl groups excluding tert-OH is 1. The Labute approximate surface area is 127 Å². The van der Waals surface area contributed by atoms with Crippen molar-refractivity contribution in [3.8, 4) is 11.8 Å². The van der Waals surface area contributed by atoms with Crippen molar-refractivity contribution in [1.29, 1.82) is 0 Å². The predicted octanol–water partition coefficient (Wildman–Crippen LogP) is 1.42. The molecule has 6 heteroatoms. The molecule has 0 aliphatic carbocycles. The van der Waals surface area contributed by atoms with Gasteiger partial charge in [-0.1, -0.05) is 11.8 Å². The molecule has 0 spiro atoms. The molecule has 0 aliphatic rings. The van der Waals surface area contributed by atoms with Crippen LogP contribution < -0.4 is 5.32 Å². The molecule has 2 heterocycles. The van der Waals surface area contributed by atoms with Crippen LogP contribution in [0.2, 0.25) is 0 Å². The van der Waals surface area contributed by atoms with Gasteiger partial charge in [-0.25, -0.2) is 0 Å². The zero-order valence-corrected chi connectivity index (χ0v) is 12.6. The van der Waals surface area contributed by atoms with Crippen LogP contribution in [0.1, 0.15) is 27.2 Å². The summed E-state index contributed by atoms with van der Waals surface area (Å²) < 4.78 is 1.80. The molecule has 2 aromatic heterocycles. The number of aryl methyl sites for hydroxylation is 1. The van der Waals surface area contributed by atoms with Crippen molar-refractivity contribution in [1.82, 2.24) is 15.1 Å². The van der Waals surface area contributed by atoms with E-state index in [9.17, 15) is 4.79 Å². The molecule has 0 aliphatic heterocycles. The molecule has 5 nitrogen and oxygen atoms in total. The number of nitrogens with one attached hydrogen (secondary N) is 1. The van der Waals surface area contributed by atoms with E-state index in [1.54, 1.807) is 10.9 Å². The highest BCUT2D eigenvalue weighted by Crippen LogP contribution is 2.15. The largest absolute Gasteiger partial charge is 0.395 e. The molecule has 0 bridgehead atoms. The summed E-state index contributed by atoms with van der Waals surface area (Å²) in [6.45, 7) is 3.16. The monoisotopic (exact) mass is 303 g/mol. The van der Waals surface area contributed by atoms with E-state index in [1.807, 2.05) is 24.6 Å². The van der Waals surface area contributed by atoms with E-state index < -0.39 is 0 Å². The summed E-state index contributed by atoms with van der Waals surface area (Å²) in [5, 5.41) is 17.6. The van der Waals surface area contributed by atoms with Gasteiger partial charge in [0.2, 0.25) is 0 Å². The van der Waals surface area contributed by atoms with Crippen LogP contribution in [0.15, 0.2) is 23.8 Å². The molecule has 2 aromatic rings. The van der Waals surface area contributed by atoms with Crippen molar-refractivity contribution in [2.24, 2.45) is 0 Å². The van der Waals surface area contributed by atoms with Gasteiger partial charge in [-0.15, -0.1) is 11.3 Å². The van der Waals surface area contributed by atoms with Gasteiger partial charge < -0.3 is 10.4 Å². The Morgan fingerprint density at radius 3 is 3.14 bits per heavy atom. The van der Waals surface area contributed by atoms with Crippen molar-refractivity contribution in [3.63, 3.8) is 0 Å². The van der Waals surface area contributed by atoms with Crippen LogP contribution >= 0.6 is 11.3 Å². The van der Waals surface area contributed by atoms with Gasteiger partial charge in [-0.2, -0.15) is 5.10 Å². The number of carbonyl (C=O) groups excluding carboxylic acids is 1. The number of hydrogen-bond acceptors (Lipinski definition) is 4. The summed E-state index contributed by atoms with van der Waals surface area (Å²) in [5.41, 5.74) is 1.81. The second-order valence-corrected chi connectivity index (χ2v) is 5.39. The number of aromatic nitrogens is 2. The maximum atomic E-state index is 12.1. The first-order valence-corrected chi connectivity index (χ1v) is 7.53. The lowest BCUT2D eigenvalue weighted by Crippen LogP contribution is -2.27. The average molecular weight is 303 g/mol. The minimum atomic E-state index is -0.123. The molecule has 0 atom stereocenters. The summed E-state index contributed by atoms with van der Waals surface area (Å²) in [4.78, 5) is 12.7. The van der Waals surface area contributed by atoms with Gasteiger partial charge >= 0.3 is 0 Å². The van der Waals surface area contributed by atoms with Gasteiger partial charge in [-0.3, -0.25) is 9.48 Å². The van der Waals surface area contributed by atoms with Crippen LogP contribution in [0.25, 0.3) is 0 Å². The highest BCUT2D eigenvalue weighted by Gasteiger charge is 2.11. The number of carbonyl (C=O) groups is 1. The number of nitrogens with zero attached hydrogens (tertiary/aromatic N) is 2. The standard InChI is InChI=1S/C15H17N3O2S/c1-12-10-17-18(11-12)7-6-16-15(20)14-13(5-9-21-14)4-2-3-8-19/h5,9-11,19H,3,6-8H2,1H3,(H,16,20). The Bertz CT molecular complexity index is 664. The van der Waals surface area contributed by atoms with E-state index in [-0.39, 0.29) is 12.5 Å².